The number of carbonyl (C=O) groups is 1. The zero-order valence-electron chi connectivity index (χ0n) is 12.0. The highest BCUT2D eigenvalue weighted by atomic mass is 16.5. The molecule has 0 bridgehead atoms. The van der Waals surface area contributed by atoms with Crippen molar-refractivity contribution in [3.8, 4) is 0 Å². The smallest absolute Gasteiger partial charge is 0.323 e. The zero-order valence-corrected chi connectivity index (χ0v) is 12.0. The number of hydrogen-bond acceptors (Lipinski definition) is 3. The molecule has 3 atom stereocenters. The summed E-state index contributed by atoms with van der Waals surface area (Å²) in [6.45, 7) is 5.54. The lowest BCUT2D eigenvalue weighted by molar-refractivity contribution is -0.148. The first-order valence-corrected chi connectivity index (χ1v) is 7.48. The van der Waals surface area contributed by atoms with Crippen LogP contribution < -0.4 is 0 Å². The van der Waals surface area contributed by atoms with Crippen LogP contribution in [0.3, 0.4) is 0 Å². The van der Waals surface area contributed by atoms with E-state index in [1.165, 1.54) is 39.2 Å². The highest BCUT2D eigenvalue weighted by molar-refractivity contribution is 5.76. The topological polar surface area (TPSA) is 29.5 Å². The second-order valence-corrected chi connectivity index (χ2v) is 6.11. The van der Waals surface area contributed by atoms with Gasteiger partial charge in [0.2, 0.25) is 0 Å². The summed E-state index contributed by atoms with van der Waals surface area (Å²) >= 11 is 0. The van der Waals surface area contributed by atoms with Crippen LogP contribution in [-0.4, -0.2) is 36.6 Å². The van der Waals surface area contributed by atoms with E-state index in [0.29, 0.717) is 12.0 Å². The molecule has 0 radical (unpaired) electrons. The molecule has 0 spiro atoms. The van der Waals surface area contributed by atoms with Gasteiger partial charge in [0.25, 0.3) is 0 Å². The molecule has 0 N–H and O–H groups in total. The van der Waals surface area contributed by atoms with E-state index >= 15 is 0 Å². The van der Waals surface area contributed by atoms with Gasteiger partial charge in [-0.2, -0.15) is 0 Å². The molecule has 1 heterocycles. The van der Waals surface area contributed by atoms with Crippen molar-refractivity contribution in [2.24, 2.45) is 11.8 Å². The number of methoxy groups -OCH3 is 1. The molecule has 104 valence electrons. The van der Waals surface area contributed by atoms with Crippen molar-refractivity contribution in [3.05, 3.63) is 0 Å². The molecule has 2 fully saturated rings. The predicted molar refractivity (Wildman–Crippen MR) is 72.3 cm³/mol. The maximum absolute atomic E-state index is 12.0. The summed E-state index contributed by atoms with van der Waals surface area (Å²) < 4.78 is 4.99. The third-order valence-electron chi connectivity index (χ3n) is 5.04. The maximum atomic E-state index is 12.0. The lowest BCUT2D eigenvalue weighted by Crippen LogP contribution is -2.47. The molecule has 0 amide bonds. The molecular weight excluding hydrogens is 226 g/mol. The number of hydrogen-bond donors (Lipinski definition) is 0. The molecule has 2 rings (SSSR count). The lowest BCUT2D eigenvalue weighted by Gasteiger charge is -2.37. The van der Waals surface area contributed by atoms with Crippen molar-refractivity contribution in [2.45, 2.75) is 64.5 Å². The summed E-state index contributed by atoms with van der Waals surface area (Å²) in [4.78, 5) is 14.4. The minimum Gasteiger partial charge on any atom is -0.468 e. The summed E-state index contributed by atoms with van der Waals surface area (Å²) in [6.07, 6.45) is 7.90. The first kappa shape index (κ1) is 13.9. The molecule has 0 aromatic rings. The van der Waals surface area contributed by atoms with E-state index in [0.717, 1.165) is 18.9 Å². The van der Waals surface area contributed by atoms with Crippen molar-refractivity contribution >= 4 is 5.97 Å². The van der Waals surface area contributed by atoms with Crippen LogP contribution in [0.1, 0.15) is 52.4 Å². The molecule has 1 aliphatic carbocycles. The van der Waals surface area contributed by atoms with E-state index in [4.69, 9.17) is 4.74 Å². The largest absolute Gasteiger partial charge is 0.468 e. The number of rotatable bonds is 3. The first-order chi connectivity index (χ1) is 8.65. The molecule has 2 aliphatic rings. The van der Waals surface area contributed by atoms with Crippen LogP contribution in [-0.2, 0) is 9.53 Å². The second kappa shape index (κ2) is 6.05. The van der Waals surface area contributed by atoms with Gasteiger partial charge in [-0.25, -0.2) is 0 Å². The van der Waals surface area contributed by atoms with Gasteiger partial charge in [-0.3, -0.25) is 9.69 Å². The molecule has 3 heteroatoms. The summed E-state index contributed by atoms with van der Waals surface area (Å²) in [6, 6.07) is 0.520. The minimum absolute atomic E-state index is 0.00748. The molecule has 0 unspecified atom stereocenters. The third kappa shape index (κ3) is 2.71. The SMILES string of the molecule is COC(=O)[C@H]1[C@@H](C)CCN1[C@H](C)C1CCCCC1. The maximum Gasteiger partial charge on any atom is 0.323 e. The Morgan fingerprint density at radius 1 is 1.22 bits per heavy atom. The Morgan fingerprint density at radius 2 is 1.89 bits per heavy atom. The molecular formula is C15H27NO2. The van der Waals surface area contributed by atoms with Crippen molar-refractivity contribution < 1.29 is 9.53 Å². The normalized spacial score (nSPS) is 32.4. The van der Waals surface area contributed by atoms with Gasteiger partial charge >= 0.3 is 5.97 Å². The average molecular weight is 253 g/mol. The fourth-order valence-electron chi connectivity index (χ4n) is 3.81. The zero-order chi connectivity index (χ0) is 13.1. The number of carbonyl (C=O) groups excluding carboxylic acids is 1. The molecule has 1 aliphatic heterocycles. The Balaban J connectivity index is 2.03. The Morgan fingerprint density at radius 3 is 2.50 bits per heavy atom. The molecule has 18 heavy (non-hydrogen) atoms. The summed E-state index contributed by atoms with van der Waals surface area (Å²) in [5.41, 5.74) is 0. The Bertz CT molecular complexity index is 286. The lowest BCUT2D eigenvalue weighted by atomic mass is 9.83. The van der Waals surface area contributed by atoms with Crippen LogP contribution >= 0.6 is 0 Å². The van der Waals surface area contributed by atoms with Crippen molar-refractivity contribution in [1.82, 2.24) is 4.90 Å². The van der Waals surface area contributed by atoms with Crippen LogP contribution in [0, 0.1) is 11.8 Å². The van der Waals surface area contributed by atoms with E-state index in [1.807, 2.05) is 0 Å². The monoisotopic (exact) mass is 253 g/mol. The number of esters is 1. The van der Waals surface area contributed by atoms with Gasteiger partial charge in [0.1, 0.15) is 6.04 Å². The Kier molecular flexibility index (Phi) is 4.66. The number of ether oxygens (including phenoxy) is 1. The van der Waals surface area contributed by atoms with Gasteiger partial charge in [-0.05, 0) is 44.6 Å². The van der Waals surface area contributed by atoms with Crippen LogP contribution in [0.2, 0.25) is 0 Å². The highest BCUT2D eigenvalue weighted by Crippen LogP contribution is 2.34. The summed E-state index contributed by atoms with van der Waals surface area (Å²) in [5, 5.41) is 0. The van der Waals surface area contributed by atoms with E-state index < -0.39 is 0 Å². The Hall–Kier alpha value is -0.570. The summed E-state index contributed by atoms with van der Waals surface area (Å²) in [5.74, 6) is 1.17. The van der Waals surface area contributed by atoms with Gasteiger partial charge in [0.05, 0.1) is 7.11 Å². The van der Waals surface area contributed by atoms with Gasteiger partial charge in [0.15, 0.2) is 0 Å². The van der Waals surface area contributed by atoms with Gasteiger partial charge in [0, 0.05) is 6.04 Å². The molecule has 0 aromatic heterocycles. The van der Waals surface area contributed by atoms with Crippen LogP contribution in [0.5, 0.6) is 0 Å². The third-order valence-corrected chi connectivity index (χ3v) is 5.04. The highest BCUT2D eigenvalue weighted by Gasteiger charge is 2.41. The van der Waals surface area contributed by atoms with Gasteiger partial charge < -0.3 is 4.74 Å². The number of nitrogens with zero attached hydrogens (tertiary/aromatic N) is 1. The minimum atomic E-state index is -0.0392. The molecule has 1 saturated carbocycles. The van der Waals surface area contributed by atoms with Gasteiger partial charge in [-0.15, -0.1) is 0 Å². The van der Waals surface area contributed by atoms with Crippen molar-refractivity contribution in [1.29, 1.82) is 0 Å². The van der Waals surface area contributed by atoms with E-state index in [1.54, 1.807) is 0 Å². The van der Waals surface area contributed by atoms with Gasteiger partial charge in [-0.1, -0.05) is 26.2 Å². The van der Waals surface area contributed by atoms with E-state index in [9.17, 15) is 4.79 Å². The fraction of sp³-hybridized carbons (Fsp3) is 0.933. The van der Waals surface area contributed by atoms with Crippen molar-refractivity contribution in [3.63, 3.8) is 0 Å². The van der Waals surface area contributed by atoms with E-state index in [2.05, 4.69) is 18.7 Å². The standard InChI is InChI=1S/C15H27NO2/c1-11-9-10-16(14(11)15(17)18-3)12(2)13-7-5-4-6-8-13/h11-14H,4-10H2,1-3H3/t11-,12+,14+/m0/s1. The molecule has 0 aromatic carbocycles. The fourth-order valence-corrected chi connectivity index (χ4v) is 3.81. The Labute approximate surface area is 111 Å². The summed E-state index contributed by atoms with van der Waals surface area (Å²) in [7, 11) is 1.51. The van der Waals surface area contributed by atoms with Crippen molar-refractivity contribution in [2.75, 3.05) is 13.7 Å². The average Bonchev–Trinajstić information content (AvgIpc) is 2.80. The van der Waals surface area contributed by atoms with Crippen LogP contribution in [0.25, 0.3) is 0 Å². The van der Waals surface area contributed by atoms with Crippen LogP contribution in [0.4, 0.5) is 0 Å². The molecule has 1 saturated heterocycles. The molecule has 3 nitrogen and oxygen atoms in total. The first-order valence-electron chi connectivity index (χ1n) is 7.48. The van der Waals surface area contributed by atoms with E-state index in [-0.39, 0.29) is 12.0 Å². The predicted octanol–water partition coefficient (Wildman–Crippen LogP) is 2.84. The quantitative estimate of drug-likeness (QED) is 0.724. The second-order valence-electron chi connectivity index (χ2n) is 6.11. The number of likely N-dealkylation sites (tertiary alicyclic amines) is 1. The van der Waals surface area contributed by atoms with Crippen LogP contribution in [0.15, 0.2) is 0 Å².